The van der Waals surface area contributed by atoms with Crippen molar-refractivity contribution < 1.29 is 9.63 Å². The number of nitrogens with zero attached hydrogens (tertiary/aromatic N) is 2. The number of rotatable bonds is 5. The van der Waals surface area contributed by atoms with Crippen LogP contribution in [0.4, 0.5) is 5.13 Å². The van der Waals surface area contributed by atoms with Crippen molar-refractivity contribution in [2.45, 2.75) is 0 Å². The zero-order valence-corrected chi connectivity index (χ0v) is 9.77. The minimum Gasteiger partial charge on any atom is -0.394 e. The van der Waals surface area contributed by atoms with E-state index in [4.69, 9.17) is 33.8 Å². The molecule has 0 unspecified atom stereocenters. The number of hydrogen-bond acceptors (Lipinski definition) is 6. The van der Waals surface area contributed by atoms with Gasteiger partial charge in [0.25, 0.3) is 0 Å². The lowest BCUT2D eigenvalue weighted by molar-refractivity contribution is -0.102. The summed E-state index contributed by atoms with van der Waals surface area (Å²) in [7, 11) is 0. The van der Waals surface area contributed by atoms with Gasteiger partial charge in [-0.2, -0.15) is 0 Å². The number of hydrogen-bond donors (Lipinski definition) is 1. The number of aldehydes is 1. The first-order valence-electron chi connectivity index (χ1n) is 3.82. The fourth-order valence-corrected chi connectivity index (χ4v) is 1.76. The molecule has 0 radical (unpaired) electrons. The number of nitrogen functional groups attached to an aromatic ring is 1. The van der Waals surface area contributed by atoms with Gasteiger partial charge in [0.1, 0.15) is 16.6 Å². The van der Waals surface area contributed by atoms with E-state index >= 15 is 0 Å². The molecule has 0 saturated carbocycles. The molecule has 0 saturated heterocycles. The van der Waals surface area contributed by atoms with E-state index in [9.17, 15) is 4.79 Å². The Balaban J connectivity index is 2.87. The van der Waals surface area contributed by atoms with Crippen molar-refractivity contribution in [3.63, 3.8) is 0 Å². The number of oxime groups is 1. The van der Waals surface area contributed by atoms with E-state index in [-0.39, 0.29) is 29.0 Å². The Morgan fingerprint density at radius 1 is 1.73 bits per heavy atom. The number of carbonyl (C=O) groups is 1. The molecular weight excluding hydrogens is 261 g/mol. The van der Waals surface area contributed by atoms with Gasteiger partial charge in [-0.25, -0.2) is 4.98 Å². The molecule has 82 valence electrons. The van der Waals surface area contributed by atoms with E-state index in [0.717, 1.165) is 11.3 Å². The number of alkyl halides is 1. The zero-order chi connectivity index (χ0) is 11.3. The molecule has 0 aromatic carbocycles. The van der Waals surface area contributed by atoms with Crippen LogP contribution in [0.15, 0.2) is 5.16 Å². The number of aromatic nitrogens is 1. The van der Waals surface area contributed by atoms with Gasteiger partial charge in [0.2, 0.25) is 0 Å². The average Bonchev–Trinajstić information content (AvgIpc) is 2.53. The summed E-state index contributed by atoms with van der Waals surface area (Å²) in [6, 6.07) is 0. The maximum Gasteiger partial charge on any atom is 0.182 e. The summed E-state index contributed by atoms with van der Waals surface area (Å²) in [5, 5.41) is 3.81. The Hall–Kier alpha value is -0.850. The fourth-order valence-electron chi connectivity index (χ4n) is 0.745. The monoisotopic (exact) mass is 267 g/mol. The largest absolute Gasteiger partial charge is 0.394 e. The molecule has 0 aliphatic rings. The normalized spacial score (nSPS) is 11.5. The van der Waals surface area contributed by atoms with Gasteiger partial charge in [0.15, 0.2) is 17.1 Å². The van der Waals surface area contributed by atoms with Crippen LogP contribution in [0.1, 0.15) is 5.69 Å². The minimum absolute atomic E-state index is 0.00179. The summed E-state index contributed by atoms with van der Waals surface area (Å²) in [6.45, 7) is 0.204. The van der Waals surface area contributed by atoms with E-state index in [1.54, 1.807) is 0 Å². The molecule has 8 heteroatoms. The molecule has 1 aromatic rings. The van der Waals surface area contributed by atoms with E-state index in [1.165, 1.54) is 0 Å². The maximum atomic E-state index is 10.7. The molecule has 0 aliphatic carbocycles. The molecule has 0 amide bonds. The highest BCUT2D eigenvalue weighted by molar-refractivity contribution is 7.19. The third kappa shape index (κ3) is 3.33. The predicted octanol–water partition coefficient (Wildman–Crippen LogP) is 1.54. The highest BCUT2D eigenvalue weighted by Crippen LogP contribution is 2.25. The third-order valence-corrected chi connectivity index (χ3v) is 2.53. The smallest absolute Gasteiger partial charge is 0.182 e. The van der Waals surface area contributed by atoms with E-state index in [0.29, 0.717) is 10.6 Å². The van der Waals surface area contributed by atoms with E-state index < -0.39 is 0 Å². The molecule has 0 bridgehead atoms. The molecule has 0 atom stereocenters. The van der Waals surface area contributed by atoms with Gasteiger partial charge < -0.3 is 10.6 Å². The summed E-state index contributed by atoms with van der Waals surface area (Å²) in [6.07, 6.45) is 0.495. The van der Waals surface area contributed by atoms with Crippen LogP contribution >= 0.6 is 34.5 Å². The summed E-state index contributed by atoms with van der Waals surface area (Å²) in [5.41, 5.74) is 5.64. The quantitative estimate of drug-likeness (QED) is 0.289. The number of halogens is 2. The van der Waals surface area contributed by atoms with Gasteiger partial charge in [-0.15, -0.1) is 11.6 Å². The van der Waals surface area contributed by atoms with Crippen LogP contribution in [0, 0.1) is 0 Å². The van der Waals surface area contributed by atoms with Crippen LogP contribution < -0.4 is 5.73 Å². The molecule has 2 N–H and O–H groups in total. The van der Waals surface area contributed by atoms with Crippen LogP contribution in [0.5, 0.6) is 0 Å². The molecular formula is C7H7Cl2N3O2S. The van der Waals surface area contributed by atoms with Crippen molar-refractivity contribution in [2.75, 3.05) is 18.2 Å². The van der Waals surface area contributed by atoms with Gasteiger partial charge in [0, 0.05) is 0 Å². The Labute approximate surface area is 99.8 Å². The summed E-state index contributed by atoms with van der Waals surface area (Å²) >= 11 is 12.2. The summed E-state index contributed by atoms with van der Waals surface area (Å²) in [4.78, 5) is 19.3. The third-order valence-electron chi connectivity index (χ3n) is 1.29. The first kappa shape index (κ1) is 12.2. The van der Waals surface area contributed by atoms with Crippen molar-refractivity contribution in [1.82, 2.24) is 4.98 Å². The molecule has 5 nitrogen and oxygen atoms in total. The SMILES string of the molecule is Nc1nc(/C(C=O)=N/OCCCl)c(Cl)s1. The van der Waals surface area contributed by atoms with Gasteiger partial charge >= 0.3 is 0 Å². The van der Waals surface area contributed by atoms with Crippen LogP contribution in [-0.2, 0) is 9.63 Å². The van der Waals surface area contributed by atoms with Crippen molar-refractivity contribution >= 4 is 51.7 Å². The number of nitrogens with two attached hydrogens (primary N) is 1. The highest BCUT2D eigenvalue weighted by Gasteiger charge is 2.14. The van der Waals surface area contributed by atoms with E-state index in [2.05, 4.69) is 10.1 Å². The number of anilines is 1. The predicted molar refractivity (Wildman–Crippen MR) is 60.8 cm³/mol. The van der Waals surface area contributed by atoms with E-state index in [1.807, 2.05) is 0 Å². The topological polar surface area (TPSA) is 77.6 Å². The molecule has 1 heterocycles. The molecule has 15 heavy (non-hydrogen) atoms. The average molecular weight is 268 g/mol. The molecule has 0 spiro atoms. The standard InChI is InChI=1S/C7H7Cl2N3O2S/c8-1-2-14-12-4(3-13)5-6(9)15-7(10)11-5/h3H,1-2H2,(H2,10,11)/b12-4+. The summed E-state index contributed by atoms with van der Waals surface area (Å²) < 4.78 is 0.299. The van der Waals surface area contributed by atoms with Gasteiger partial charge in [-0.1, -0.05) is 28.1 Å². The molecule has 0 aliphatic heterocycles. The van der Waals surface area contributed by atoms with Gasteiger partial charge in [0.05, 0.1) is 5.88 Å². The first-order chi connectivity index (χ1) is 7.19. The van der Waals surface area contributed by atoms with Crippen LogP contribution in [0.2, 0.25) is 4.34 Å². The Morgan fingerprint density at radius 2 is 2.47 bits per heavy atom. The lowest BCUT2D eigenvalue weighted by Gasteiger charge is -1.96. The van der Waals surface area contributed by atoms with Crippen LogP contribution in [-0.4, -0.2) is 29.5 Å². The number of thiazole rings is 1. The maximum absolute atomic E-state index is 10.7. The molecule has 0 fully saturated rings. The van der Waals surface area contributed by atoms with Gasteiger partial charge in [-0.3, -0.25) is 4.79 Å². The second-order valence-corrected chi connectivity index (χ2v) is 4.30. The fraction of sp³-hybridized carbons (Fsp3) is 0.286. The van der Waals surface area contributed by atoms with Crippen molar-refractivity contribution in [1.29, 1.82) is 0 Å². The highest BCUT2D eigenvalue weighted by atomic mass is 35.5. The lowest BCUT2D eigenvalue weighted by Crippen LogP contribution is -2.05. The minimum atomic E-state index is -0.00179. The van der Waals surface area contributed by atoms with Crippen molar-refractivity contribution in [2.24, 2.45) is 5.16 Å². The first-order valence-corrected chi connectivity index (χ1v) is 5.55. The van der Waals surface area contributed by atoms with Crippen molar-refractivity contribution in [3.05, 3.63) is 10.0 Å². The zero-order valence-electron chi connectivity index (χ0n) is 7.44. The Kier molecular flexibility index (Phi) is 4.80. The molecule has 1 rings (SSSR count). The summed E-state index contributed by atoms with van der Waals surface area (Å²) in [5.74, 6) is 0.280. The van der Waals surface area contributed by atoms with Gasteiger partial charge in [-0.05, 0) is 0 Å². The Morgan fingerprint density at radius 3 is 2.93 bits per heavy atom. The number of carbonyl (C=O) groups excluding carboxylic acids is 1. The second-order valence-electron chi connectivity index (χ2n) is 2.29. The second kappa shape index (κ2) is 5.89. The van der Waals surface area contributed by atoms with Crippen LogP contribution in [0.3, 0.4) is 0 Å². The van der Waals surface area contributed by atoms with Crippen LogP contribution in [0.25, 0.3) is 0 Å². The molecule has 1 aromatic heterocycles. The lowest BCUT2D eigenvalue weighted by atomic mass is 10.3. The van der Waals surface area contributed by atoms with Crippen molar-refractivity contribution in [3.8, 4) is 0 Å². The Bertz CT molecular complexity index is 380.